The monoisotopic (exact) mass is 369 g/mol. The molecule has 2 aromatic rings. The Morgan fingerprint density at radius 2 is 2.15 bits per heavy atom. The van der Waals surface area contributed by atoms with Gasteiger partial charge in [-0.05, 0) is 17.7 Å². The molecule has 5 N–H and O–H groups in total. The summed E-state index contributed by atoms with van der Waals surface area (Å²) in [5.74, 6) is -1.47. The summed E-state index contributed by atoms with van der Waals surface area (Å²) in [6.07, 6.45) is 0. The van der Waals surface area contributed by atoms with Gasteiger partial charge in [0.05, 0.1) is 5.92 Å². The quantitative estimate of drug-likeness (QED) is 0.674. The Hall–Kier alpha value is -3.77. The van der Waals surface area contributed by atoms with E-state index in [0.29, 0.717) is 11.3 Å². The third kappa shape index (κ3) is 3.47. The number of fused-ring (bicyclic) bond motifs is 1. The van der Waals surface area contributed by atoms with E-state index in [0.717, 1.165) is 6.07 Å². The predicted molar refractivity (Wildman–Crippen MR) is 91.3 cm³/mol. The Kier molecular flexibility index (Phi) is 4.83. The molecular weight excluding hydrogens is 354 g/mol. The lowest BCUT2D eigenvalue weighted by Gasteiger charge is -2.25. The van der Waals surface area contributed by atoms with Gasteiger partial charge in [0.1, 0.15) is 29.8 Å². The van der Waals surface area contributed by atoms with E-state index in [1.165, 1.54) is 0 Å². The molecule has 1 atom stereocenters. The van der Waals surface area contributed by atoms with Gasteiger partial charge in [-0.15, -0.1) is 0 Å². The van der Waals surface area contributed by atoms with Gasteiger partial charge < -0.3 is 30.5 Å². The molecule has 9 heteroatoms. The SMILES string of the molecule is N#CC1=C(N)Oc2c(oc(CO)cc2=O)C1c1cccc(OCC(N)=O)c1. The van der Waals surface area contributed by atoms with Crippen molar-refractivity contribution >= 4 is 5.91 Å². The van der Waals surface area contributed by atoms with Crippen LogP contribution < -0.4 is 26.4 Å². The van der Waals surface area contributed by atoms with E-state index in [4.69, 9.17) is 25.4 Å². The van der Waals surface area contributed by atoms with E-state index in [2.05, 4.69) is 0 Å². The van der Waals surface area contributed by atoms with E-state index in [1.54, 1.807) is 24.3 Å². The van der Waals surface area contributed by atoms with Crippen molar-refractivity contribution in [2.75, 3.05) is 6.61 Å². The highest BCUT2D eigenvalue weighted by Crippen LogP contribution is 2.41. The standard InChI is InChI=1S/C18H15N3O6/c19-6-12-15(9-2-1-3-10(4-9)25-8-14(20)24)17-16(27-18(12)21)13(23)5-11(7-22)26-17/h1-5,15,22H,7-8,21H2,(H2,20,24). The number of aliphatic hydroxyl groups excluding tert-OH is 1. The second-order valence-corrected chi connectivity index (χ2v) is 5.68. The molecule has 9 nitrogen and oxygen atoms in total. The van der Waals surface area contributed by atoms with Crippen LogP contribution in [-0.2, 0) is 11.4 Å². The van der Waals surface area contributed by atoms with Crippen LogP contribution in [0, 0.1) is 11.3 Å². The van der Waals surface area contributed by atoms with Gasteiger partial charge in [-0.3, -0.25) is 9.59 Å². The van der Waals surface area contributed by atoms with Gasteiger partial charge in [0.15, 0.2) is 12.4 Å². The number of nitriles is 1. The van der Waals surface area contributed by atoms with E-state index in [9.17, 15) is 20.0 Å². The molecule has 1 aliphatic heterocycles. The fourth-order valence-electron chi connectivity index (χ4n) is 2.73. The minimum absolute atomic E-state index is 0.0197. The zero-order valence-electron chi connectivity index (χ0n) is 14.0. The highest BCUT2D eigenvalue weighted by atomic mass is 16.5. The highest BCUT2D eigenvalue weighted by molar-refractivity contribution is 5.75. The normalized spacial score (nSPS) is 15.5. The largest absolute Gasteiger partial charge is 0.484 e. The molecule has 27 heavy (non-hydrogen) atoms. The molecule has 1 aromatic carbocycles. The number of carbonyl (C=O) groups excluding carboxylic acids is 1. The summed E-state index contributed by atoms with van der Waals surface area (Å²) in [7, 11) is 0. The van der Waals surface area contributed by atoms with Crippen LogP contribution in [0.1, 0.15) is 23.0 Å². The van der Waals surface area contributed by atoms with Crippen molar-refractivity contribution in [2.24, 2.45) is 11.5 Å². The number of allylic oxidation sites excluding steroid dienone is 1. The third-order valence-corrected chi connectivity index (χ3v) is 3.86. The summed E-state index contributed by atoms with van der Waals surface area (Å²) in [4.78, 5) is 23.2. The van der Waals surface area contributed by atoms with Crippen molar-refractivity contribution in [3.8, 4) is 17.6 Å². The molecule has 1 unspecified atom stereocenters. The molecule has 1 aromatic heterocycles. The lowest BCUT2D eigenvalue weighted by molar-refractivity contribution is -0.119. The van der Waals surface area contributed by atoms with Crippen molar-refractivity contribution in [3.63, 3.8) is 0 Å². The van der Waals surface area contributed by atoms with Gasteiger partial charge in [0.25, 0.3) is 5.91 Å². The lowest BCUT2D eigenvalue weighted by atomic mass is 9.87. The van der Waals surface area contributed by atoms with Gasteiger partial charge >= 0.3 is 0 Å². The number of nitrogens with two attached hydrogens (primary N) is 2. The summed E-state index contributed by atoms with van der Waals surface area (Å²) in [6.45, 7) is -0.821. The second kappa shape index (κ2) is 7.23. The summed E-state index contributed by atoms with van der Waals surface area (Å²) in [5, 5.41) is 18.9. The fourth-order valence-corrected chi connectivity index (χ4v) is 2.73. The first-order valence-electron chi connectivity index (χ1n) is 7.81. The molecule has 2 heterocycles. The van der Waals surface area contributed by atoms with Crippen LogP contribution in [0.3, 0.4) is 0 Å². The average molecular weight is 369 g/mol. The first-order chi connectivity index (χ1) is 12.9. The molecule has 0 saturated heterocycles. The summed E-state index contributed by atoms with van der Waals surface area (Å²) < 4.78 is 16.1. The number of nitrogens with zero attached hydrogens (tertiary/aromatic N) is 1. The predicted octanol–water partition coefficient (Wildman–Crippen LogP) is 0.214. The fraction of sp³-hybridized carbons (Fsp3) is 0.167. The van der Waals surface area contributed by atoms with Crippen molar-refractivity contribution < 1.29 is 23.8 Å². The molecule has 138 valence electrons. The highest BCUT2D eigenvalue weighted by Gasteiger charge is 2.35. The molecule has 1 amide bonds. The minimum atomic E-state index is -0.852. The van der Waals surface area contributed by atoms with Gasteiger partial charge in [-0.1, -0.05) is 12.1 Å². The zero-order valence-corrected chi connectivity index (χ0v) is 14.0. The summed E-state index contributed by atoms with van der Waals surface area (Å²) >= 11 is 0. The van der Waals surface area contributed by atoms with Crippen LogP contribution in [0.5, 0.6) is 11.5 Å². The Bertz CT molecular complexity index is 1030. The average Bonchev–Trinajstić information content (AvgIpc) is 2.66. The first-order valence-corrected chi connectivity index (χ1v) is 7.81. The number of amides is 1. The van der Waals surface area contributed by atoms with E-state index < -0.39 is 23.9 Å². The molecule has 0 bridgehead atoms. The first kappa shape index (κ1) is 18.0. The minimum Gasteiger partial charge on any atom is -0.484 e. The third-order valence-electron chi connectivity index (χ3n) is 3.86. The number of rotatable bonds is 5. The van der Waals surface area contributed by atoms with Gasteiger partial charge in [0.2, 0.25) is 17.1 Å². The van der Waals surface area contributed by atoms with Crippen LogP contribution in [0.2, 0.25) is 0 Å². The van der Waals surface area contributed by atoms with Gasteiger partial charge in [-0.25, -0.2) is 0 Å². The van der Waals surface area contributed by atoms with Crippen LogP contribution in [0.4, 0.5) is 0 Å². The number of ether oxygens (including phenoxy) is 2. The number of hydrogen-bond acceptors (Lipinski definition) is 8. The number of primary amides is 1. The number of hydrogen-bond donors (Lipinski definition) is 3. The number of benzene rings is 1. The van der Waals surface area contributed by atoms with Crippen LogP contribution in [0.25, 0.3) is 0 Å². The van der Waals surface area contributed by atoms with Gasteiger partial charge in [-0.2, -0.15) is 5.26 Å². The number of carbonyl (C=O) groups is 1. The van der Waals surface area contributed by atoms with E-state index >= 15 is 0 Å². The maximum absolute atomic E-state index is 12.3. The molecule has 0 fully saturated rings. The Morgan fingerprint density at radius 1 is 1.37 bits per heavy atom. The van der Waals surface area contributed by atoms with Crippen LogP contribution in [-0.4, -0.2) is 17.6 Å². The summed E-state index contributed by atoms with van der Waals surface area (Å²) in [5.41, 5.74) is 10.9. The van der Waals surface area contributed by atoms with Crippen molar-refractivity contribution in [2.45, 2.75) is 12.5 Å². The molecule has 3 rings (SSSR count). The molecular formula is C18H15N3O6. The van der Waals surface area contributed by atoms with Gasteiger partial charge in [0, 0.05) is 6.07 Å². The Balaban J connectivity index is 2.15. The van der Waals surface area contributed by atoms with Crippen molar-refractivity contribution in [1.29, 1.82) is 5.26 Å². The topological polar surface area (TPSA) is 162 Å². The summed E-state index contributed by atoms with van der Waals surface area (Å²) in [6, 6.07) is 9.53. The second-order valence-electron chi connectivity index (χ2n) is 5.68. The Labute approximate surface area is 153 Å². The van der Waals surface area contributed by atoms with Crippen LogP contribution >= 0.6 is 0 Å². The maximum Gasteiger partial charge on any atom is 0.255 e. The molecule has 0 spiro atoms. The maximum atomic E-state index is 12.3. The lowest BCUT2D eigenvalue weighted by Crippen LogP contribution is -2.25. The van der Waals surface area contributed by atoms with Crippen molar-refractivity contribution in [1.82, 2.24) is 0 Å². The molecule has 1 aliphatic rings. The molecule has 0 aliphatic carbocycles. The number of aliphatic hydroxyl groups is 1. The van der Waals surface area contributed by atoms with E-state index in [1.807, 2.05) is 6.07 Å². The van der Waals surface area contributed by atoms with Crippen molar-refractivity contribution in [3.05, 3.63) is 69.1 Å². The molecule has 0 saturated carbocycles. The van der Waals surface area contributed by atoms with Crippen LogP contribution in [0.15, 0.2) is 51.0 Å². The molecule has 0 radical (unpaired) electrons. The van der Waals surface area contributed by atoms with E-state index in [-0.39, 0.29) is 35.3 Å². The zero-order chi connectivity index (χ0) is 19.6. The smallest absolute Gasteiger partial charge is 0.255 e. The Morgan fingerprint density at radius 3 is 2.81 bits per heavy atom.